The molecule has 1 fully saturated rings. The van der Waals surface area contributed by atoms with Crippen LogP contribution in [0.1, 0.15) is 17.2 Å². The van der Waals surface area contributed by atoms with E-state index in [1.807, 2.05) is 0 Å². The van der Waals surface area contributed by atoms with Gasteiger partial charge in [-0.15, -0.1) is 0 Å². The summed E-state index contributed by atoms with van der Waals surface area (Å²) in [5.74, 6) is 0.0575. The summed E-state index contributed by atoms with van der Waals surface area (Å²) >= 11 is 0. The second kappa shape index (κ2) is 8.69. The molecular weight excluding hydrogens is 402 g/mol. The van der Waals surface area contributed by atoms with Crippen molar-refractivity contribution in [1.82, 2.24) is 4.90 Å². The number of hydrogen-bond acceptors (Lipinski definition) is 7. The van der Waals surface area contributed by atoms with Crippen LogP contribution in [0.25, 0.3) is 5.76 Å². The molecule has 0 bridgehead atoms. The molecule has 2 aliphatic heterocycles. The monoisotopic (exact) mass is 425 g/mol. The molecule has 1 unspecified atom stereocenters. The Morgan fingerprint density at radius 1 is 1.06 bits per heavy atom. The molecule has 1 amide bonds. The molecule has 0 radical (unpaired) electrons. The molecular formula is C23H23NO7. The standard InChI is InChI=1S/C23H23NO7/c1-28-10-9-24-20(15-5-8-17-18(13-15)31-12-11-30-17)19(22(26)23(24)27)21(25)14-3-6-16(29-2)7-4-14/h3-8,13,20,25H,9-12H2,1-2H3/b21-19-. The van der Waals surface area contributed by atoms with Crippen LogP contribution in [0.15, 0.2) is 48.0 Å². The van der Waals surface area contributed by atoms with E-state index in [9.17, 15) is 14.7 Å². The van der Waals surface area contributed by atoms with Crippen LogP contribution in [-0.4, -0.2) is 62.3 Å². The van der Waals surface area contributed by atoms with E-state index in [2.05, 4.69) is 0 Å². The third-order valence-corrected chi connectivity index (χ3v) is 5.32. The molecule has 1 N–H and O–H groups in total. The quantitative estimate of drug-likeness (QED) is 0.432. The molecule has 4 rings (SSSR count). The van der Waals surface area contributed by atoms with Gasteiger partial charge in [0.05, 0.1) is 25.3 Å². The summed E-state index contributed by atoms with van der Waals surface area (Å²) < 4.78 is 21.5. The van der Waals surface area contributed by atoms with Gasteiger partial charge in [-0.05, 0) is 42.0 Å². The van der Waals surface area contributed by atoms with Crippen LogP contribution in [0.5, 0.6) is 17.2 Å². The van der Waals surface area contributed by atoms with Gasteiger partial charge in [-0.3, -0.25) is 9.59 Å². The van der Waals surface area contributed by atoms with Crippen molar-refractivity contribution < 1.29 is 33.6 Å². The van der Waals surface area contributed by atoms with Crippen molar-refractivity contribution in [1.29, 1.82) is 0 Å². The first-order valence-corrected chi connectivity index (χ1v) is 9.86. The van der Waals surface area contributed by atoms with Crippen molar-refractivity contribution >= 4 is 17.4 Å². The maximum absolute atomic E-state index is 13.0. The number of likely N-dealkylation sites (tertiary alicyclic amines) is 1. The van der Waals surface area contributed by atoms with Gasteiger partial charge in [0.25, 0.3) is 11.7 Å². The number of carbonyl (C=O) groups is 2. The van der Waals surface area contributed by atoms with Gasteiger partial charge in [0.2, 0.25) is 0 Å². The average molecular weight is 425 g/mol. The summed E-state index contributed by atoms with van der Waals surface area (Å²) in [6.45, 7) is 1.30. The van der Waals surface area contributed by atoms with E-state index in [-0.39, 0.29) is 24.5 Å². The van der Waals surface area contributed by atoms with Crippen LogP contribution in [0.4, 0.5) is 0 Å². The molecule has 2 aromatic carbocycles. The van der Waals surface area contributed by atoms with Gasteiger partial charge >= 0.3 is 0 Å². The zero-order valence-electron chi connectivity index (χ0n) is 17.3. The Morgan fingerprint density at radius 2 is 1.77 bits per heavy atom. The summed E-state index contributed by atoms with van der Waals surface area (Å²) in [6, 6.07) is 11.1. The Kier molecular flexibility index (Phi) is 5.81. The van der Waals surface area contributed by atoms with E-state index in [4.69, 9.17) is 18.9 Å². The number of amides is 1. The second-order valence-corrected chi connectivity index (χ2v) is 7.12. The smallest absolute Gasteiger partial charge is 0.295 e. The normalized spacial score (nSPS) is 19.5. The van der Waals surface area contributed by atoms with Gasteiger partial charge in [-0.2, -0.15) is 0 Å². The van der Waals surface area contributed by atoms with Crippen molar-refractivity contribution in [2.75, 3.05) is 40.6 Å². The molecule has 1 atom stereocenters. The lowest BCUT2D eigenvalue weighted by Gasteiger charge is -2.26. The molecule has 31 heavy (non-hydrogen) atoms. The van der Waals surface area contributed by atoms with Crippen LogP contribution >= 0.6 is 0 Å². The molecule has 1 saturated heterocycles. The van der Waals surface area contributed by atoms with Gasteiger partial charge in [0.15, 0.2) is 11.5 Å². The van der Waals surface area contributed by atoms with Gasteiger partial charge in [0, 0.05) is 19.2 Å². The fraction of sp³-hybridized carbons (Fsp3) is 0.304. The Labute approximate surface area is 179 Å². The number of ketones is 1. The van der Waals surface area contributed by atoms with Gasteiger partial charge in [0.1, 0.15) is 24.7 Å². The number of ether oxygens (including phenoxy) is 4. The molecule has 2 aliphatic rings. The fourth-order valence-electron chi connectivity index (χ4n) is 3.78. The molecule has 2 aromatic rings. The molecule has 0 saturated carbocycles. The average Bonchev–Trinajstić information content (AvgIpc) is 3.06. The number of benzene rings is 2. The van der Waals surface area contributed by atoms with Crippen LogP contribution in [0.3, 0.4) is 0 Å². The number of hydrogen-bond donors (Lipinski definition) is 1. The topological polar surface area (TPSA) is 94.5 Å². The predicted molar refractivity (Wildman–Crippen MR) is 111 cm³/mol. The number of nitrogens with zero attached hydrogens (tertiary/aromatic N) is 1. The highest BCUT2D eigenvalue weighted by molar-refractivity contribution is 6.46. The zero-order valence-corrected chi connectivity index (χ0v) is 17.3. The lowest BCUT2D eigenvalue weighted by atomic mass is 9.95. The van der Waals surface area contributed by atoms with Crippen molar-refractivity contribution in [3.63, 3.8) is 0 Å². The number of rotatable bonds is 6. The SMILES string of the molecule is COCCN1C(=O)C(=O)/C(=C(\O)c2ccc(OC)cc2)C1c1ccc2c(c1)OCCO2. The Balaban J connectivity index is 1.82. The van der Waals surface area contributed by atoms with Gasteiger partial charge in [-0.1, -0.05) is 6.07 Å². The highest BCUT2D eigenvalue weighted by Crippen LogP contribution is 2.42. The first-order valence-electron chi connectivity index (χ1n) is 9.86. The maximum atomic E-state index is 13.0. The number of fused-ring (bicyclic) bond motifs is 1. The summed E-state index contributed by atoms with van der Waals surface area (Å²) in [4.78, 5) is 27.2. The van der Waals surface area contributed by atoms with Crippen LogP contribution < -0.4 is 14.2 Å². The summed E-state index contributed by atoms with van der Waals surface area (Å²) in [6.07, 6.45) is 0. The largest absolute Gasteiger partial charge is 0.507 e. The third kappa shape index (κ3) is 3.82. The van der Waals surface area contributed by atoms with E-state index in [0.717, 1.165) is 0 Å². The molecule has 2 heterocycles. The minimum Gasteiger partial charge on any atom is -0.507 e. The summed E-state index contributed by atoms with van der Waals surface area (Å²) in [5.41, 5.74) is 1.06. The van der Waals surface area contributed by atoms with Crippen LogP contribution in [0, 0.1) is 0 Å². The lowest BCUT2D eigenvalue weighted by Crippen LogP contribution is -2.32. The molecule has 8 nitrogen and oxygen atoms in total. The molecule has 0 aromatic heterocycles. The summed E-state index contributed by atoms with van der Waals surface area (Å²) in [5, 5.41) is 11.0. The van der Waals surface area contributed by atoms with E-state index in [1.54, 1.807) is 42.5 Å². The molecule has 0 aliphatic carbocycles. The summed E-state index contributed by atoms with van der Waals surface area (Å²) in [7, 11) is 3.06. The lowest BCUT2D eigenvalue weighted by molar-refractivity contribution is -0.140. The van der Waals surface area contributed by atoms with Gasteiger partial charge < -0.3 is 29.0 Å². The highest BCUT2D eigenvalue weighted by Gasteiger charge is 2.46. The van der Waals surface area contributed by atoms with E-state index in [1.165, 1.54) is 19.1 Å². The second-order valence-electron chi connectivity index (χ2n) is 7.12. The minimum absolute atomic E-state index is 0.0166. The Bertz CT molecular complexity index is 1030. The first kappa shape index (κ1) is 20.7. The van der Waals surface area contributed by atoms with E-state index < -0.39 is 17.7 Å². The molecule has 8 heteroatoms. The number of aliphatic hydroxyl groups excluding tert-OH is 1. The highest BCUT2D eigenvalue weighted by atomic mass is 16.6. The van der Waals surface area contributed by atoms with Crippen molar-refractivity contribution in [2.45, 2.75) is 6.04 Å². The zero-order chi connectivity index (χ0) is 22.0. The Hall–Kier alpha value is -3.52. The number of carbonyl (C=O) groups excluding carboxylic acids is 2. The van der Waals surface area contributed by atoms with E-state index >= 15 is 0 Å². The van der Waals surface area contributed by atoms with Crippen molar-refractivity contribution in [3.8, 4) is 17.2 Å². The van der Waals surface area contributed by atoms with Crippen LogP contribution in [-0.2, 0) is 14.3 Å². The Morgan fingerprint density at radius 3 is 2.45 bits per heavy atom. The molecule has 162 valence electrons. The van der Waals surface area contributed by atoms with Crippen molar-refractivity contribution in [2.24, 2.45) is 0 Å². The predicted octanol–water partition coefficient (Wildman–Crippen LogP) is 2.53. The third-order valence-electron chi connectivity index (χ3n) is 5.32. The maximum Gasteiger partial charge on any atom is 0.295 e. The number of aliphatic hydroxyl groups is 1. The van der Waals surface area contributed by atoms with Crippen LogP contribution in [0.2, 0.25) is 0 Å². The van der Waals surface area contributed by atoms with Crippen molar-refractivity contribution in [3.05, 3.63) is 59.2 Å². The van der Waals surface area contributed by atoms with E-state index in [0.29, 0.717) is 41.6 Å². The number of Topliss-reactive ketones (excluding diaryl/α,β-unsaturated/α-hetero) is 1. The van der Waals surface area contributed by atoms with Gasteiger partial charge in [-0.25, -0.2) is 0 Å². The minimum atomic E-state index is -0.784. The fourth-order valence-corrected chi connectivity index (χ4v) is 3.78. The molecule has 0 spiro atoms. The first-order chi connectivity index (χ1) is 15.0. The number of methoxy groups -OCH3 is 2.